The zero-order valence-corrected chi connectivity index (χ0v) is 18.2. The van der Waals surface area contributed by atoms with Crippen LogP contribution < -0.4 is 10.6 Å². The van der Waals surface area contributed by atoms with Crippen molar-refractivity contribution in [1.82, 2.24) is 5.32 Å². The predicted octanol–water partition coefficient (Wildman–Crippen LogP) is 3.24. The number of ether oxygens (including phenoxy) is 1. The lowest BCUT2D eigenvalue weighted by Gasteiger charge is -2.31. The zero-order valence-electron chi connectivity index (χ0n) is 17.3. The van der Waals surface area contributed by atoms with Crippen LogP contribution in [-0.2, 0) is 19.1 Å². The average Bonchev–Trinajstić information content (AvgIpc) is 2.78. The van der Waals surface area contributed by atoms with Crippen molar-refractivity contribution in [3.63, 3.8) is 0 Å². The maximum absolute atomic E-state index is 13.0. The number of hydrogen-bond acceptors (Lipinski definition) is 6. The van der Waals surface area contributed by atoms with E-state index in [9.17, 15) is 24.0 Å². The van der Waals surface area contributed by atoms with Gasteiger partial charge in [0.1, 0.15) is 11.7 Å². The molecule has 0 unspecified atom stereocenters. The van der Waals surface area contributed by atoms with Crippen LogP contribution in [0.1, 0.15) is 17.0 Å². The standard InChI is InChI=1S/C23H20FN3O4S/c1-13-3-5-14(6-4-13)19-17(11-25)22(27-21(29)20(19)23(30)31-2)32-12-18(28)26-16-9-7-15(24)8-10-16/h3-10,19-20H,12H2,1-2H3,(H,26,28)(H,27,29)/t19-,20+/m1/s1. The summed E-state index contributed by atoms with van der Waals surface area (Å²) in [6.45, 7) is 1.90. The minimum atomic E-state index is -1.23. The van der Waals surface area contributed by atoms with E-state index >= 15 is 0 Å². The first-order chi connectivity index (χ1) is 15.3. The van der Waals surface area contributed by atoms with Crippen molar-refractivity contribution in [1.29, 1.82) is 5.26 Å². The summed E-state index contributed by atoms with van der Waals surface area (Å²) in [5.41, 5.74) is 2.19. The molecule has 0 aliphatic carbocycles. The highest BCUT2D eigenvalue weighted by atomic mass is 32.2. The Morgan fingerprint density at radius 1 is 1.19 bits per heavy atom. The lowest BCUT2D eigenvalue weighted by Crippen LogP contribution is -2.44. The number of anilines is 1. The van der Waals surface area contributed by atoms with Gasteiger partial charge in [-0.15, -0.1) is 0 Å². The Balaban J connectivity index is 1.87. The third kappa shape index (κ3) is 5.15. The van der Waals surface area contributed by atoms with Crippen LogP contribution in [0.5, 0.6) is 0 Å². The Kier molecular flexibility index (Phi) is 7.28. The number of carbonyl (C=O) groups excluding carboxylic acids is 3. The minimum Gasteiger partial charge on any atom is -0.468 e. The van der Waals surface area contributed by atoms with Crippen molar-refractivity contribution in [3.05, 3.63) is 76.1 Å². The second-order valence-corrected chi connectivity index (χ2v) is 8.06. The SMILES string of the molecule is COC(=O)[C@@H]1C(=O)NC(SCC(=O)Nc2ccc(F)cc2)=C(C#N)[C@H]1c1ccc(C)cc1. The third-order valence-corrected chi connectivity index (χ3v) is 5.91. The van der Waals surface area contributed by atoms with Gasteiger partial charge in [0.05, 0.1) is 29.5 Å². The summed E-state index contributed by atoms with van der Waals surface area (Å²) in [6.07, 6.45) is 0. The van der Waals surface area contributed by atoms with Gasteiger partial charge in [-0.3, -0.25) is 14.4 Å². The molecule has 0 radical (unpaired) electrons. The lowest BCUT2D eigenvalue weighted by atomic mass is 9.78. The molecular weight excluding hydrogens is 433 g/mol. The van der Waals surface area contributed by atoms with Crippen LogP contribution in [-0.4, -0.2) is 30.6 Å². The average molecular weight is 453 g/mol. The minimum absolute atomic E-state index is 0.109. The molecule has 7 nitrogen and oxygen atoms in total. The van der Waals surface area contributed by atoms with Gasteiger partial charge in [0.25, 0.3) is 0 Å². The van der Waals surface area contributed by atoms with E-state index in [1.54, 1.807) is 12.1 Å². The molecule has 1 heterocycles. The first-order valence-corrected chi connectivity index (χ1v) is 10.6. The van der Waals surface area contributed by atoms with E-state index in [4.69, 9.17) is 4.74 Å². The number of amides is 2. The second kappa shape index (κ2) is 10.1. The van der Waals surface area contributed by atoms with Crippen LogP contribution >= 0.6 is 11.8 Å². The molecule has 0 aromatic heterocycles. The summed E-state index contributed by atoms with van der Waals surface area (Å²) in [4.78, 5) is 37.5. The number of aryl methyl sites for hydroxylation is 1. The van der Waals surface area contributed by atoms with Crippen LogP contribution in [0, 0.1) is 30.0 Å². The van der Waals surface area contributed by atoms with Gasteiger partial charge in [0.15, 0.2) is 0 Å². The van der Waals surface area contributed by atoms with Crippen molar-refractivity contribution >= 4 is 35.2 Å². The number of methoxy groups -OCH3 is 1. The van der Waals surface area contributed by atoms with Gasteiger partial charge >= 0.3 is 5.97 Å². The summed E-state index contributed by atoms with van der Waals surface area (Å²) >= 11 is 0.974. The van der Waals surface area contributed by atoms with Crippen molar-refractivity contribution in [2.24, 2.45) is 5.92 Å². The molecule has 3 rings (SSSR count). The Morgan fingerprint density at radius 3 is 2.44 bits per heavy atom. The van der Waals surface area contributed by atoms with E-state index in [1.165, 1.54) is 31.4 Å². The van der Waals surface area contributed by atoms with Crippen LogP contribution in [0.15, 0.2) is 59.1 Å². The number of hydrogen-bond donors (Lipinski definition) is 2. The van der Waals surface area contributed by atoms with E-state index in [1.807, 2.05) is 19.1 Å². The summed E-state index contributed by atoms with van der Waals surface area (Å²) in [5.74, 6) is -4.36. The van der Waals surface area contributed by atoms with Gasteiger partial charge in [0.2, 0.25) is 11.8 Å². The number of esters is 1. The molecule has 0 fully saturated rings. The van der Waals surface area contributed by atoms with E-state index in [-0.39, 0.29) is 16.4 Å². The maximum atomic E-state index is 13.0. The number of nitriles is 1. The third-order valence-electron chi connectivity index (χ3n) is 4.90. The number of carbonyl (C=O) groups is 3. The molecule has 0 saturated heterocycles. The molecule has 2 atom stereocenters. The number of thioether (sulfide) groups is 1. The predicted molar refractivity (Wildman–Crippen MR) is 118 cm³/mol. The molecular formula is C23H20FN3O4S. The van der Waals surface area contributed by atoms with Gasteiger partial charge in [0, 0.05) is 11.6 Å². The molecule has 2 amide bonds. The molecule has 2 aromatic carbocycles. The van der Waals surface area contributed by atoms with Gasteiger partial charge < -0.3 is 15.4 Å². The highest BCUT2D eigenvalue weighted by Gasteiger charge is 2.44. The van der Waals surface area contributed by atoms with Crippen LogP contribution in [0.2, 0.25) is 0 Å². The Bertz CT molecular complexity index is 1110. The fourth-order valence-corrected chi connectivity index (χ4v) is 4.17. The molecule has 0 bridgehead atoms. The van der Waals surface area contributed by atoms with Crippen molar-refractivity contribution < 1.29 is 23.5 Å². The molecule has 2 aromatic rings. The molecule has 1 aliphatic heterocycles. The highest BCUT2D eigenvalue weighted by molar-refractivity contribution is 8.03. The monoisotopic (exact) mass is 453 g/mol. The number of nitrogens with one attached hydrogen (secondary N) is 2. The van der Waals surface area contributed by atoms with E-state index in [2.05, 4.69) is 16.7 Å². The molecule has 2 N–H and O–H groups in total. The van der Waals surface area contributed by atoms with E-state index in [0.29, 0.717) is 11.3 Å². The maximum Gasteiger partial charge on any atom is 0.319 e. The van der Waals surface area contributed by atoms with Crippen LogP contribution in [0.25, 0.3) is 0 Å². The van der Waals surface area contributed by atoms with Crippen LogP contribution in [0.4, 0.5) is 10.1 Å². The quantitative estimate of drug-likeness (QED) is 0.514. The molecule has 1 aliphatic rings. The first kappa shape index (κ1) is 23.0. The summed E-state index contributed by atoms with van der Waals surface area (Å²) in [5, 5.41) is 15.3. The van der Waals surface area contributed by atoms with Gasteiger partial charge in [-0.25, -0.2) is 4.39 Å². The van der Waals surface area contributed by atoms with Crippen molar-refractivity contribution in [3.8, 4) is 6.07 Å². The first-order valence-electron chi connectivity index (χ1n) is 9.61. The summed E-state index contributed by atoms with van der Waals surface area (Å²) in [7, 11) is 1.18. The van der Waals surface area contributed by atoms with E-state index < -0.39 is 35.4 Å². The number of allylic oxidation sites excluding steroid dienone is 1. The number of rotatable bonds is 6. The number of nitrogens with zero attached hydrogens (tertiary/aromatic N) is 1. The highest BCUT2D eigenvalue weighted by Crippen LogP contribution is 2.40. The fraction of sp³-hybridized carbons (Fsp3) is 0.217. The largest absolute Gasteiger partial charge is 0.468 e. The fourth-order valence-electron chi connectivity index (χ4n) is 3.32. The number of halogens is 1. The van der Waals surface area contributed by atoms with Gasteiger partial charge in [-0.2, -0.15) is 5.26 Å². The van der Waals surface area contributed by atoms with Gasteiger partial charge in [-0.1, -0.05) is 41.6 Å². The van der Waals surface area contributed by atoms with Crippen LogP contribution in [0.3, 0.4) is 0 Å². The smallest absolute Gasteiger partial charge is 0.319 e. The second-order valence-electron chi connectivity index (χ2n) is 7.08. The number of benzene rings is 2. The van der Waals surface area contributed by atoms with Gasteiger partial charge in [-0.05, 0) is 36.8 Å². The summed E-state index contributed by atoms with van der Waals surface area (Å²) in [6, 6.07) is 14.6. The summed E-state index contributed by atoms with van der Waals surface area (Å²) < 4.78 is 17.8. The molecule has 164 valence electrons. The topological polar surface area (TPSA) is 108 Å². The Hall–Kier alpha value is -3.64. The molecule has 9 heteroatoms. The Morgan fingerprint density at radius 2 is 1.84 bits per heavy atom. The normalized spacial score (nSPS) is 17.9. The molecule has 32 heavy (non-hydrogen) atoms. The van der Waals surface area contributed by atoms with E-state index in [0.717, 1.165) is 17.3 Å². The molecule has 0 spiro atoms. The zero-order chi connectivity index (χ0) is 23.3. The molecule has 0 saturated carbocycles. The lowest BCUT2D eigenvalue weighted by molar-refractivity contribution is -0.150. The Labute approximate surface area is 188 Å². The van der Waals surface area contributed by atoms with Crippen molar-refractivity contribution in [2.75, 3.05) is 18.2 Å². The van der Waals surface area contributed by atoms with Crippen molar-refractivity contribution in [2.45, 2.75) is 12.8 Å².